The van der Waals surface area contributed by atoms with Crippen molar-refractivity contribution in [1.29, 1.82) is 0 Å². The predicted molar refractivity (Wildman–Crippen MR) is 148 cm³/mol. The number of hydrogen-bond acceptors (Lipinski definition) is 3. The van der Waals surface area contributed by atoms with Crippen molar-refractivity contribution in [3.8, 4) is 5.75 Å². The zero-order valence-electron chi connectivity index (χ0n) is 21.8. The van der Waals surface area contributed by atoms with Crippen LogP contribution in [0.4, 0.5) is 4.39 Å². The molecule has 4 rings (SSSR count). The lowest BCUT2D eigenvalue weighted by atomic mass is 10.0. The summed E-state index contributed by atoms with van der Waals surface area (Å²) in [6.07, 6.45) is 1.03. The lowest BCUT2D eigenvalue weighted by molar-refractivity contribution is -0.143. The van der Waals surface area contributed by atoms with Gasteiger partial charge in [-0.15, -0.1) is 0 Å². The van der Waals surface area contributed by atoms with Crippen molar-refractivity contribution in [2.45, 2.75) is 45.3 Å². The second-order valence-corrected chi connectivity index (χ2v) is 9.40. The number of benzene rings is 4. The van der Waals surface area contributed by atoms with Gasteiger partial charge in [-0.3, -0.25) is 9.59 Å². The molecule has 38 heavy (non-hydrogen) atoms. The van der Waals surface area contributed by atoms with Crippen LogP contribution in [0.15, 0.2) is 97.1 Å². The van der Waals surface area contributed by atoms with Gasteiger partial charge in [-0.25, -0.2) is 4.39 Å². The summed E-state index contributed by atoms with van der Waals surface area (Å²) in [6, 6.07) is 28.3. The van der Waals surface area contributed by atoms with E-state index in [0.29, 0.717) is 11.3 Å². The van der Waals surface area contributed by atoms with E-state index in [1.54, 1.807) is 18.2 Å². The monoisotopic (exact) mass is 512 g/mol. The van der Waals surface area contributed by atoms with Gasteiger partial charge in [-0.2, -0.15) is 0 Å². The number of rotatable bonds is 11. The van der Waals surface area contributed by atoms with E-state index in [0.717, 1.165) is 22.8 Å². The Morgan fingerprint density at radius 2 is 1.58 bits per heavy atom. The Kier molecular flexibility index (Phi) is 9.09. The summed E-state index contributed by atoms with van der Waals surface area (Å²) >= 11 is 0. The van der Waals surface area contributed by atoms with Crippen molar-refractivity contribution in [2.24, 2.45) is 0 Å². The van der Waals surface area contributed by atoms with Gasteiger partial charge >= 0.3 is 0 Å². The summed E-state index contributed by atoms with van der Waals surface area (Å²) in [5, 5.41) is 4.90. The molecule has 6 heteroatoms. The van der Waals surface area contributed by atoms with Gasteiger partial charge in [0.1, 0.15) is 17.6 Å². The molecule has 0 radical (unpaired) electrons. The van der Waals surface area contributed by atoms with E-state index in [4.69, 9.17) is 4.74 Å². The number of carbonyl (C=O) groups excluding carboxylic acids is 2. The van der Waals surface area contributed by atoms with Gasteiger partial charge in [-0.1, -0.05) is 91.9 Å². The number of hydrogen-bond donors (Lipinski definition) is 1. The zero-order valence-corrected chi connectivity index (χ0v) is 21.8. The second-order valence-electron chi connectivity index (χ2n) is 9.40. The van der Waals surface area contributed by atoms with Crippen molar-refractivity contribution in [1.82, 2.24) is 10.2 Å². The highest BCUT2D eigenvalue weighted by atomic mass is 19.1. The Labute approximate surface area is 223 Å². The Balaban J connectivity index is 1.66. The third kappa shape index (κ3) is 6.76. The van der Waals surface area contributed by atoms with E-state index in [9.17, 15) is 14.0 Å². The summed E-state index contributed by atoms with van der Waals surface area (Å²) < 4.78 is 20.7. The molecular weight excluding hydrogens is 479 g/mol. The summed E-state index contributed by atoms with van der Waals surface area (Å²) in [5.74, 6) is -0.536. The summed E-state index contributed by atoms with van der Waals surface area (Å²) in [5.41, 5.74) is 1.23. The number of amides is 2. The van der Waals surface area contributed by atoms with E-state index in [2.05, 4.69) is 5.32 Å². The van der Waals surface area contributed by atoms with Gasteiger partial charge < -0.3 is 15.0 Å². The first-order valence-electron chi connectivity index (χ1n) is 12.9. The zero-order chi connectivity index (χ0) is 26.9. The highest BCUT2D eigenvalue weighted by Crippen LogP contribution is 2.25. The normalized spacial score (nSPS) is 12.5. The predicted octanol–water partition coefficient (Wildman–Crippen LogP) is 5.91. The Hall–Kier alpha value is -4.19. The molecule has 0 saturated carbocycles. The quantitative estimate of drug-likeness (QED) is 0.272. The molecule has 0 bridgehead atoms. The minimum absolute atomic E-state index is 0.0597. The SMILES string of the molecule is CC[C@H](C)NC(=O)[C@H](Cc1ccccc1)N(Cc1ccccc1F)C(=O)COc1cccc2ccccc12. The van der Waals surface area contributed by atoms with E-state index < -0.39 is 17.8 Å². The molecule has 2 amide bonds. The number of nitrogens with one attached hydrogen (secondary N) is 1. The topological polar surface area (TPSA) is 58.6 Å². The fraction of sp³-hybridized carbons (Fsp3) is 0.250. The van der Waals surface area contributed by atoms with Crippen LogP contribution in [0.5, 0.6) is 5.75 Å². The molecule has 0 aliphatic carbocycles. The molecule has 1 N–H and O–H groups in total. The molecule has 0 saturated heterocycles. The average molecular weight is 513 g/mol. The molecule has 5 nitrogen and oxygen atoms in total. The fourth-order valence-corrected chi connectivity index (χ4v) is 4.35. The maximum Gasteiger partial charge on any atom is 0.261 e. The van der Waals surface area contributed by atoms with Crippen molar-refractivity contribution in [2.75, 3.05) is 6.61 Å². The highest BCUT2D eigenvalue weighted by molar-refractivity contribution is 5.90. The van der Waals surface area contributed by atoms with Crippen LogP contribution in [0.3, 0.4) is 0 Å². The molecule has 4 aromatic carbocycles. The molecule has 0 aliphatic rings. The van der Waals surface area contributed by atoms with E-state index in [1.165, 1.54) is 11.0 Å². The first-order valence-corrected chi connectivity index (χ1v) is 12.9. The number of fused-ring (bicyclic) bond motifs is 1. The van der Waals surface area contributed by atoms with Crippen molar-refractivity contribution >= 4 is 22.6 Å². The van der Waals surface area contributed by atoms with Gasteiger partial charge in [0.05, 0.1) is 0 Å². The lowest BCUT2D eigenvalue weighted by Crippen LogP contribution is -2.53. The van der Waals surface area contributed by atoms with Crippen molar-refractivity contribution in [3.05, 3.63) is 114 Å². The van der Waals surface area contributed by atoms with Gasteiger partial charge in [0.2, 0.25) is 5.91 Å². The molecule has 0 unspecified atom stereocenters. The average Bonchev–Trinajstić information content (AvgIpc) is 2.94. The maximum atomic E-state index is 14.7. The Morgan fingerprint density at radius 1 is 0.895 bits per heavy atom. The molecule has 0 spiro atoms. The van der Waals surface area contributed by atoms with Crippen LogP contribution in [0.1, 0.15) is 31.4 Å². The fourth-order valence-electron chi connectivity index (χ4n) is 4.35. The van der Waals surface area contributed by atoms with Crippen LogP contribution < -0.4 is 10.1 Å². The number of nitrogens with zero attached hydrogens (tertiary/aromatic N) is 1. The van der Waals surface area contributed by atoms with Gasteiger partial charge in [-0.05, 0) is 36.4 Å². The van der Waals surface area contributed by atoms with Gasteiger partial charge in [0, 0.05) is 30.0 Å². The van der Waals surface area contributed by atoms with E-state index in [-0.39, 0.29) is 31.5 Å². The maximum absolute atomic E-state index is 14.7. The minimum atomic E-state index is -0.852. The third-order valence-corrected chi connectivity index (χ3v) is 6.67. The molecule has 4 aromatic rings. The number of halogens is 1. The van der Waals surface area contributed by atoms with Gasteiger partial charge in [0.25, 0.3) is 5.91 Å². The van der Waals surface area contributed by atoms with Crippen LogP contribution in [0.2, 0.25) is 0 Å². The van der Waals surface area contributed by atoms with Crippen LogP contribution in [-0.4, -0.2) is 35.4 Å². The van der Waals surface area contributed by atoms with E-state index in [1.807, 2.05) is 86.6 Å². The minimum Gasteiger partial charge on any atom is -0.483 e. The van der Waals surface area contributed by atoms with Crippen LogP contribution >= 0.6 is 0 Å². The Morgan fingerprint density at radius 3 is 2.34 bits per heavy atom. The molecule has 2 atom stereocenters. The van der Waals surface area contributed by atoms with Crippen LogP contribution in [0.25, 0.3) is 10.8 Å². The van der Waals surface area contributed by atoms with Crippen LogP contribution in [-0.2, 0) is 22.6 Å². The summed E-state index contributed by atoms with van der Waals surface area (Å²) in [7, 11) is 0. The first-order chi connectivity index (χ1) is 18.5. The largest absolute Gasteiger partial charge is 0.483 e. The third-order valence-electron chi connectivity index (χ3n) is 6.67. The molecule has 0 aliphatic heterocycles. The highest BCUT2D eigenvalue weighted by Gasteiger charge is 2.31. The molecule has 0 aromatic heterocycles. The summed E-state index contributed by atoms with van der Waals surface area (Å²) in [6.45, 7) is 3.56. The van der Waals surface area contributed by atoms with Crippen LogP contribution in [0, 0.1) is 5.82 Å². The number of ether oxygens (including phenoxy) is 1. The van der Waals surface area contributed by atoms with E-state index >= 15 is 0 Å². The standard InChI is InChI=1S/C32H33FN2O3/c1-3-23(2)34-32(37)29(20-24-12-5-4-6-13-24)35(21-26-15-8-10-18-28(26)33)31(36)22-38-30-19-11-16-25-14-7-9-17-27(25)30/h4-19,23,29H,3,20-22H2,1-2H3,(H,34,37)/t23-,29-/m0/s1. The summed E-state index contributed by atoms with van der Waals surface area (Å²) in [4.78, 5) is 28.7. The second kappa shape index (κ2) is 12.9. The molecule has 0 heterocycles. The lowest BCUT2D eigenvalue weighted by Gasteiger charge is -2.32. The molecule has 196 valence electrons. The van der Waals surface area contributed by atoms with Crippen molar-refractivity contribution < 1.29 is 18.7 Å². The number of carbonyl (C=O) groups is 2. The smallest absolute Gasteiger partial charge is 0.261 e. The molecular formula is C32H33FN2O3. The van der Waals surface area contributed by atoms with Gasteiger partial charge in [0.15, 0.2) is 6.61 Å². The first kappa shape index (κ1) is 26.9. The Bertz CT molecular complexity index is 1370. The molecule has 0 fully saturated rings. The van der Waals surface area contributed by atoms with Crippen molar-refractivity contribution in [3.63, 3.8) is 0 Å².